The van der Waals surface area contributed by atoms with E-state index in [0.29, 0.717) is 18.6 Å². The molecule has 1 atom stereocenters. The third-order valence-corrected chi connectivity index (χ3v) is 2.80. The van der Waals surface area contributed by atoms with Crippen LogP contribution in [0.5, 0.6) is 0 Å². The maximum absolute atomic E-state index is 11.7. The smallest absolute Gasteiger partial charge is 0.337 e. The number of hydrogen-bond acceptors (Lipinski definition) is 3. The number of ether oxygens (including phenoxy) is 2. The zero-order chi connectivity index (χ0) is 13.3. The molecule has 0 N–H and O–H groups in total. The Kier molecular flexibility index (Phi) is 3.90. The van der Waals surface area contributed by atoms with Crippen LogP contribution in [-0.2, 0) is 14.3 Å². The van der Waals surface area contributed by atoms with Crippen LogP contribution in [0.15, 0.2) is 11.3 Å². The molecule has 1 aliphatic heterocycles. The lowest BCUT2D eigenvalue weighted by molar-refractivity contribution is -0.138. The lowest BCUT2D eigenvalue weighted by Gasteiger charge is -2.32. The Morgan fingerprint density at radius 2 is 2.06 bits per heavy atom. The SMILES string of the molecule is CCOC(=O)C1=C(C)OC(C)(CC(C)(C)C)C1. The molecule has 0 fully saturated rings. The summed E-state index contributed by atoms with van der Waals surface area (Å²) in [6.07, 6.45) is 1.56. The van der Waals surface area contributed by atoms with E-state index in [1.807, 2.05) is 13.8 Å². The number of esters is 1. The van der Waals surface area contributed by atoms with Crippen molar-refractivity contribution in [2.45, 2.75) is 60.0 Å². The number of carbonyl (C=O) groups is 1. The Morgan fingerprint density at radius 1 is 1.47 bits per heavy atom. The average Bonchev–Trinajstić information content (AvgIpc) is 2.38. The van der Waals surface area contributed by atoms with Crippen molar-refractivity contribution < 1.29 is 14.3 Å². The summed E-state index contributed by atoms with van der Waals surface area (Å²) in [7, 11) is 0. The van der Waals surface area contributed by atoms with Gasteiger partial charge in [-0.15, -0.1) is 0 Å². The Labute approximate surface area is 104 Å². The van der Waals surface area contributed by atoms with E-state index in [1.54, 1.807) is 0 Å². The van der Waals surface area contributed by atoms with Crippen LogP contribution in [0.3, 0.4) is 0 Å². The van der Waals surface area contributed by atoms with E-state index in [-0.39, 0.29) is 17.0 Å². The maximum atomic E-state index is 11.7. The van der Waals surface area contributed by atoms with Gasteiger partial charge in [-0.2, -0.15) is 0 Å². The molecule has 1 heterocycles. The Balaban J connectivity index is 2.74. The molecule has 0 spiro atoms. The minimum absolute atomic E-state index is 0.180. The second kappa shape index (κ2) is 4.71. The van der Waals surface area contributed by atoms with E-state index in [2.05, 4.69) is 27.7 Å². The first-order valence-corrected chi connectivity index (χ1v) is 6.23. The van der Waals surface area contributed by atoms with Gasteiger partial charge in [0.05, 0.1) is 12.2 Å². The third-order valence-electron chi connectivity index (χ3n) is 2.80. The molecule has 0 amide bonds. The molecule has 1 aliphatic rings. The van der Waals surface area contributed by atoms with Crippen molar-refractivity contribution in [1.29, 1.82) is 0 Å². The summed E-state index contributed by atoms with van der Waals surface area (Å²) in [6.45, 7) is 12.7. The topological polar surface area (TPSA) is 35.5 Å². The highest BCUT2D eigenvalue weighted by Crippen LogP contribution is 2.41. The number of rotatable bonds is 3. The van der Waals surface area contributed by atoms with Crippen LogP contribution in [-0.4, -0.2) is 18.2 Å². The van der Waals surface area contributed by atoms with Crippen LogP contribution in [0.4, 0.5) is 0 Å². The van der Waals surface area contributed by atoms with Crippen LogP contribution < -0.4 is 0 Å². The van der Waals surface area contributed by atoms with Crippen molar-refractivity contribution in [3.63, 3.8) is 0 Å². The first-order chi connectivity index (χ1) is 7.67. The van der Waals surface area contributed by atoms with Gasteiger partial charge in [-0.3, -0.25) is 0 Å². The standard InChI is InChI=1S/C14H24O3/c1-7-16-12(15)11-8-14(6,17-10(11)2)9-13(3,4)5/h7-9H2,1-6H3. The van der Waals surface area contributed by atoms with Crippen LogP contribution in [0.25, 0.3) is 0 Å². The lowest BCUT2D eigenvalue weighted by Crippen LogP contribution is -2.30. The Bertz CT molecular complexity index is 336. The van der Waals surface area contributed by atoms with Gasteiger partial charge in [-0.25, -0.2) is 4.79 Å². The van der Waals surface area contributed by atoms with Crippen molar-refractivity contribution in [2.75, 3.05) is 6.61 Å². The van der Waals surface area contributed by atoms with E-state index in [0.717, 1.165) is 12.2 Å². The van der Waals surface area contributed by atoms with Gasteiger partial charge in [0, 0.05) is 6.42 Å². The highest BCUT2D eigenvalue weighted by atomic mass is 16.5. The quantitative estimate of drug-likeness (QED) is 0.709. The minimum atomic E-state index is -0.273. The van der Waals surface area contributed by atoms with Gasteiger partial charge < -0.3 is 9.47 Å². The van der Waals surface area contributed by atoms with Gasteiger partial charge in [0.15, 0.2) is 0 Å². The van der Waals surface area contributed by atoms with Gasteiger partial charge in [-0.1, -0.05) is 20.8 Å². The molecule has 0 bridgehead atoms. The molecule has 0 saturated carbocycles. The van der Waals surface area contributed by atoms with E-state index in [9.17, 15) is 4.79 Å². The van der Waals surface area contributed by atoms with Gasteiger partial charge in [0.25, 0.3) is 0 Å². The first-order valence-electron chi connectivity index (χ1n) is 6.23. The second-order valence-corrected chi connectivity index (χ2v) is 6.22. The maximum Gasteiger partial charge on any atom is 0.337 e. The van der Waals surface area contributed by atoms with E-state index >= 15 is 0 Å². The average molecular weight is 240 g/mol. The van der Waals surface area contributed by atoms with E-state index < -0.39 is 0 Å². The van der Waals surface area contributed by atoms with Crippen molar-refractivity contribution in [1.82, 2.24) is 0 Å². The molecule has 0 aromatic carbocycles. The van der Waals surface area contributed by atoms with Crippen molar-refractivity contribution in [2.24, 2.45) is 5.41 Å². The highest BCUT2D eigenvalue weighted by molar-refractivity contribution is 5.89. The molecular weight excluding hydrogens is 216 g/mol. The fourth-order valence-electron chi connectivity index (χ4n) is 2.62. The minimum Gasteiger partial charge on any atom is -0.491 e. The monoisotopic (exact) mass is 240 g/mol. The van der Waals surface area contributed by atoms with Gasteiger partial charge in [0.2, 0.25) is 0 Å². The molecule has 3 heteroatoms. The molecule has 0 aromatic heterocycles. The van der Waals surface area contributed by atoms with Gasteiger partial charge in [-0.05, 0) is 32.6 Å². The molecule has 0 radical (unpaired) electrons. The lowest BCUT2D eigenvalue weighted by atomic mass is 9.80. The van der Waals surface area contributed by atoms with Crippen molar-refractivity contribution >= 4 is 5.97 Å². The highest BCUT2D eigenvalue weighted by Gasteiger charge is 2.40. The van der Waals surface area contributed by atoms with Crippen molar-refractivity contribution in [3.05, 3.63) is 11.3 Å². The summed E-state index contributed by atoms with van der Waals surface area (Å²) < 4.78 is 10.9. The van der Waals surface area contributed by atoms with Gasteiger partial charge in [0.1, 0.15) is 11.4 Å². The molecule has 17 heavy (non-hydrogen) atoms. The van der Waals surface area contributed by atoms with Crippen LogP contribution >= 0.6 is 0 Å². The Hall–Kier alpha value is -0.990. The van der Waals surface area contributed by atoms with Crippen LogP contribution in [0, 0.1) is 5.41 Å². The van der Waals surface area contributed by atoms with Crippen molar-refractivity contribution in [3.8, 4) is 0 Å². The molecule has 98 valence electrons. The third kappa shape index (κ3) is 3.76. The fraction of sp³-hybridized carbons (Fsp3) is 0.786. The molecule has 0 saturated heterocycles. The summed E-state index contributed by atoms with van der Waals surface area (Å²) >= 11 is 0. The molecule has 0 aliphatic carbocycles. The second-order valence-electron chi connectivity index (χ2n) is 6.22. The zero-order valence-corrected chi connectivity index (χ0v) is 11.8. The van der Waals surface area contributed by atoms with Crippen LogP contribution in [0.1, 0.15) is 54.4 Å². The largest absolute Gasteiger partial charge is 0.491 e. The summed E-state index contributed by atoms with van der Waals surface area (Å²) in [5, 5.41) is 0. The number of allylic oxidation sites excluding steroid dienone is 1. The van der Waals surface area contributed by atoms with E-state index in [4.69, 9.17) is 9.47 Å². The molecule has 1 unspecified atom stereocenters. The number of carbonyl (C=O) groups excluding carboxylic acids is 1. The molecule has 3 nitrogen and oxygen atoms in total. The normalized spacial score (nSPS) is 24.8. The van der Waals surface area contributed by atoms with Crippen LogP contribution in [0.2, 0.25) is 0 Å². The molecule has 0 aromatic rings. The summed E-state index contributed by atoms with van der Waals surface area (Å²) in [6, 6.07) is 0. The molecular formula is C14H24O3. The predicted molar refractivity (Wildman–Crippen MR) is 67.5 cm³/mol. The van der Waals surface area contributed by atoms with E-state index in [1.165, 1.54) is 0 Å². The summed E-state index contributed by atoms with van der Waals surface area (Å²) in [5.41, 5.74) is 0.599. The van der Waals surface area contributed by atoms with Gasteiger partial charge >= 0.3 is 5.97 Å². The molecule has 1 rings (SSSR count). The Morgan fingerprint density at radius 3 is 2.53 bits per heavy atom. The summed E-state index contributed by atoms with van der Waals surface area (Å²) in [4.78, 5) is 11.7. The fourth-order valence-corrected chi connectivity index (χ4v) is 2.62. The number of hydrogen-bond donors (Lipinski definition) is 0. The zero-order valence-electron chi connectivity index (χ0n) is 11.8. The first kappa shape index (κ1) is 14.1. The predicted octanol–water partition coefficient (Wildman–Crippen LogP) is 3.44. The summed E-state index contributed by atoms with van der Waals surface area (Å²) in [5.74, 6) is 0.484.